The van der Waals surface area contributed by atoms with Gasteiger partial charge in [-0.1, -0.05) is 12.1 Å². The lowest BCUT2D eigenvalue weighted by Crippen LogP contribution is -2.30. The van der Waals surface area contributed by atoms with Crippen LogP contribution in [0.1, 0.15) is 16.7 Å². The summed E-state index contributed by atoms with van der Waals surface area (Å²) in [7, 11) is 5.76. The molecule has 1 aliphatic heterocycles. The van der Waals surface area contributed by atoms with E-state index in [0.717, 1.165) is 11.7 Å². The van der Waals surface area contributed by atoms with Crippen molar-refractivity contribution in [1.82, 2.24) is 8.75 Å². The number of hydrogen-bond acceptors (Lipinski definition) is 12. The van der Waals surface area contributed by atoms with Gasteiger partial charge in [-0.3, -0.25) is 0 Å². The largest absolute Gasteiger partial charge is 0.497 e. The number of benzene rings is 3. The van der Waals surface area contributed by atoms with Crippen molar-refractivity contribution in [3.8, 4) is 28.7 Å². The standard InChI is InChI=1S/C29H26N2O10S/c1-36-18-7-5-15(22(13-18)40-14-25(32)33)9-19-26(16-6-8-20-21(10-16)31-42-30-20)28(34)41-29(19,35)17-11-23(37-2)27(39-4)24(12-17)38-3/h5-8,10-13,35H,9,14H2,1-4H3,(H,32,33). The molecule has 0 amide bonds. The van der Waals surface area contributed by atoms with E-state index in [0.29, 0.717) is 27.9 Å². The molecule has 42 heavy (non-hydrogen) atoms. The third kappa shape index (κ3) is 5.15. The van der Waals surface area contributed by atoms with E-state index in [4.69, 9.17) is 28.4 Å². The molecule has 1 aliphatic rings. The molecule has 218 valence electrons. The number of esters is 1. The Morgan fingerprint density at radius 2 is 1.62 bits per heavy atom. The summed E-state index contributed by atoms with van der Waals surface area (Å²) in [5.41, 5.74) is 2.52. The van der Waals surface area contributed by atoms with Crippen molar-refractivity contribution in [3.05, 3.63) is 70.8 Å². The van der Waals surface area contributed by atoms with Gasteiger partial charge in [-0.2, -0.15) is 8.75 Å². The summed E-state index contributed by atoms with van der Waals surface area (Å²) in [6.45, 7) is -0.619. The molecule has 0 spiro atoms. The number of methoxy groups -OCH3 is 4. The number of carbonyl (C=O) groups excluding carboxylic acids is 1. The number of rotatable bonds is 11. The van der Waals surface area contributed by atoms with Crippen LogP contribution in [0.4, 0.5) is 0 Å². The van der Waals surface area contributed by atoms with Gasteiger partial charge >= 0.3 is 11.9 Å². The fraction of sp³-hybridized carbons (Fsp3) is 0.241. The minimum absolute atomic E-state index is 0.0828. The van der Waals surface area contributed by atoms with Gasteiger partial charge in [0, 0.05) is 23.6 Å². The van der Waals surface area contributed by atoms with Crippen molar-refractivity contribution in [2.75, 3.05) is 35.0 Å². The van der Waals surface area contributed by atoms with Crippen molar-refractivity contribution in [1.29, 1.82) is 0 Å². The maximum absolute atomic E-state index is 13.6. The zero-order chi connectivity index (χ0) is 30.0. The number of carboxylic acid groups (broad SMARTS) is 1. The maximum Gasteiger partial charge on any atom is 0.342 e. The Labute approximate surface area is 244 Å². The Morgan fingerprint density at radius 3 is 2.26 bits per heavy atom. The molecule has 0 radical (unpaired) electrons. The first-order valence-electron chi connectivity index (χ1n) is 12.5. The van der Waals surface area contributed by atoms with E-state index in [9.17, 15) is 19.8 Å². The Balaban J connectivity index is 1.73. The van der Waals surface area contributed by atoms with Gasteiger partial charge in [0.25, 0.3) is 5.79 Å². The van der Waals surface area contributed by atoms with Crippen LogP contribution in [-0.2, 0) is 26.5 Å². The van der Waals surface area contributed by atoms with Crippen molar-refractivity contribution >= 4 is 40.3 Å². The molecule has 13 heteroatoms. The summed E-state index contributed by atoms with van der Waals surface area (Å²) in [6, 6.07) is 12.9. The van der Waals surface area contributed by atoms with Gasteiger partial charge in [-0.15, -0.1) is 0 Å². The predicted molar refractivity (Wildman–Crippen MR) is 150 cm³/mol. The van der Waals surface area contributed by atoms with Gasteiger partial charge in [0.15, 0.2) is 18.1 Å². The van der Waals surface area contributed by atoms with Crippen LogP contribution in [-0.4, -0.2) is 65.9 Å². The Morgan fingerprint density at radius 1 is 0.905 bits per heavy atom. The normalized spacial score (nSPS) is 16.4. The number of cyclic esters (lactones) is 1. The summed E-state index contributed by atoms with van der Waals surface area (Å²) < 4.78 is 41.5. The van der Waals surface area contributed by atoms with Gasteiger partial charge in [0.2, 0.25) is 5.75 Å². The van der Waals surface area contributed by atoms with Crippen LogP contribution < -0.4 is 23.7 Å². The van der Waals surface area contributed by atoms with Crippen LogP contribution in [0.15, 0.2) is 54.1 Å². The molecular weight excluding hydrogens is 568 g/mol. The zero-order valence-corrected chi connectivity index (χ0v) is 23.8. The first-order valence-corrected chi connectivity index (χ1v) is 13.2. The van der Waals surface area contributed by atoms with Gasteiger partial charge in [-0.25, -0.2) is 9.59 Å². The van der Waals surface area contributed by atoms with Crippen LogP contribution in [0.3, 0.4) is 0 Å². The number of aromatic nitrogens is 2. The molecule has 5 rings (SSSR count). The third-order valence-corrected chi connectivity index (χ3v) is 7.30. The first kappa shape index (κ1) is 28.6. The van der Waals surface area contributed by atoms with Crippen molar-refractivity contribution < 1.29 is 48.2 Å². The molecule has 0 fully saturated rings. The summed E-state index contributed by atoms with van der Waals surface area (Å²) in [5.74, 6) is -2.90. The van der Waals surface area contributed by atoms with Crippen LogP contribution in [0.5, 0.6) is 28.7 Å². The number of ether oxygens (including phenoxy) is 6. The average molecular weight is 595 g/mol. The smallest absolute Gasteiger partial charge is 0.342 e. The lowest BCUT2D eigenvalue weighted by Gasteiger charge is -2.27. The number of hydrogen-bond donors (Lipinski definition) is 2. The van der Waals surface area contributed by atoms with Crippen LogP contribution in [0.2, 0.25) is 0 Å². The van der Waals surface area contributed by atoms with E-state index in [1.807, 2.05) is 0 Å². The molecule has 1 unspecified atom stereocenters. The molecule has 1 aromatic heterocycles. The minimum atomic E-state index is -2.29. The van der Waals surface area contributed by atoms with E-state index in [1.54, 1.807) is 30.3 Å². The van der Waals surface area contributed by atoms with E-state index in [2.05, 4.69) is 8.75 Å². The zero-order valence-electron chi connectivity index (χ0n) is 23.0. The molecule has 12 nitrogen and oxygen atoms in total. The Kier molecular flexibility index (Phi) is 7.87. The quantitative estimate of drug-likeness (QED) is 0.244. The molecule has 2 N–H and O–H groups in total. The van der Waals surface area contributed by atoms with E-state index in [-0.39, 0.29) is 46.1 Å². The fourth-order valence-corrected chi connectivity index (χ4v) is 5.28. The average Bonchev–Trinajstić information content (AvgIpc) is 3.56. The molecule has 0 saturated heterocycles. The van der Waals surface area contributed by atoms with E-state index < -0.39 is 24.3 Å². The molecule has 2 heterocycles. The number of aliphatic carboxylic acids is 1. The SMILES string of the molecule is COc1ccc(CC2=C(c3ccc4nsnc4c3)C(=O)OC2(O)c2cc(OC)c(OC)c(OC)c2)c(OCC(=O)O)c1. The Hall–Kier alpha value is -4.88. The highest BCUT2D eigenvalue weighted by Crippen LogP contribution is 2.49. The Bertz CT molecular complexity index is 1690. The molecule has 0 aliphatic carbocycles. The topological polar surface area (TPSA) is 156 Å². The van der Waals surface area contributed by atoms with Crippen molar-refractivity contribution in [3.63, 3.8) is 0 Å². The molecule has 3 aromatic carbocycles. The summed E-state index contributed by atoms with van der Waals surface area (Å²) >= 11 is 1.03. The highest BCUT2D eigenvalue weighted by molar-refractivity contribution is 7.00. The molecular formula is C29H26N2O10S. The van der Waals surface area contributed by atoms with Gasteiger partial charge in [0.1, 0.15) is 22.5 Å². The van der Waals surface area contributed by atoms with Gasteiger partial charge in [0.05, 0.1) is 45.7 Å². The van der Waals surface area contributed by atoms with Crippen LogP contribution >= 0.6 is 11.7 Å². The number of nitrogens with zero attached hydrogens (tertiary/aromatic N) is 2. The number of carbonyl (C=O) groups is 2. The second kappa shape index (κ2) is 11.5. The van der Waals surface area contributed by atoms with Gasteiger partial charge in [-0.05, 0) is 41.5 Å². The monoisotopic (exact) mass is 594 g/mol. The molecule has 1 atom stereocenters. The van der Waals surface area contributed by atoms with Gasteiger partial charge < -0.3 is 38.6 Å². The fourth-order valence-electron chi connectivity index (χ4n) is 4.76. The van der Waals surface area contributed by atoms with Crippen molar-refractivity contribution in [2.45, 2.75) is 12.2 Å². The van der Waals surface area contributed by atoms with Crippen LogP contribution in [0.25, 0.3) is 16.6 Å². The summed E-state index contributed by atoms with van der Waals surface area (Å²) in [6.07, 6.45) is -0.0828. The predicted octanol–water partition coefficient (Wildman–Crippen LogP) is 3.59. The number of aliphatic hydroxyl groups is 1. The molecule has 0 saturated carbocycles. The number of carboxylic acids is 1. The second-order valence-electron chi connectivity index (χ2n) is 9.10. The highest BCUT2D eigenvalue weighted by atomic mass is 32.1. The lowest BCUT2D eigenvalue weighted by molar-refractivity contribution is -0.185. The number of fused-ring (bicyclic) bond motifs is 1. The lowest BCUT2D eigenvalue weighted by atomic mass is 9.87. The van der Waals surface area contributed by atoms with E-state index in [1.165, 1.54) is 46.6 Å². The minimum Gasteiger partial charge on any atom is -0.497 e. The molecule has 4 aromatic rings. The van der Waals surface area contributed by atoms with Crippen LogP contribution in [0, 0.1) is 0 Å². The maximum atomic E-state index is 13.6. The third-order valence-electron chi connectivity index (χ3n) is 6.75. The van der Waals surface area contributed by atoms with E-state index >= 15 is 0 Å². The summed E-state index contributed by atoms with van der Waals surface area (Å²) in [4.78, 5) is 24.9. The second-order valence-corrected chi connectivity index (χ2v) is 9.63. The van der Waals surface area contributed by atoms with Crippen molar-refractivity contribution in [2.24, 2.45) is 0 Å². The molecule has 0 bridgehead atoms. The first-order chi connectivity index (χ1) is 20.2. The highest BCUT2D eigenvalue weighted by Gasteiger charge is 2.49. The summed E-state index contributed by atoms with van der Waals surface area (Å²) in [5, 5.41) is 21.5.